The average Bonchev–Trinajstić information content (AvgIpc) is 1.88. The molecule has 11 heavy (non-hydrogen) atoms. The van der Waals surface area contributed by atoms with Crippen LogP contribution in [-0.2, 0) is 4.79 Å². The van der Waals surface area contributed by atoms with Gasteiger partial charge in [0, 0.05) is 5.71 Å². The molecule has 0 saturated heterocycles. The van der Waals surface area contributed by atoms with E-state index in [0.717, 1.165) is 0 Å². The zero-order chi connectivity index (χ0) is 8.85. The summed E-state index contributed by atoms with van der Waals surface area (Å²) in [6.07, 6.45) is 0.846. The van der Waals surface area contributed by atoms with Crippen LogP contribution in [0.4, 0.5) is 0 Å². The van der Waals surface area contributed by atoms with Gasteiger partial charge in [-0.1, -0.05) is 6.92 Å². The zero-order valence-corrected chi connectivity index (χ0v) is 6.63. The number of rotatable bonds is 5. The molecule has 0 fully saturated rings. The molecule has 0 rings (SSSR count). The van der Waals surface area contributed by atoms with E-state index in [-0.39, 0.29) is 5.71 Å². The lowest BCUT2D eigenvalue weighted by atomic mass is 9.98. The Morgan fingerprint density at radius 3 is 2.55 bits per heavy atom. The number of nitrogens with two attached hydrogens (primary N) is 1. The molecule has 4 heteroatoms. The van der Waals surface area contributed by atoms with Crippen LogP contribution in [0.25, 0.3) is 0 Å². The fourth-order valence-electron chi connectivity index (χ4n) is 0.900. The SMILES string of the molecule is CCC(C(=N)CCN)C(=O)O. The van der Waals surface area contributed by atoms with Crippen LogP contribution in [0.5, 0.6) is 0 Å². The van der Waals surface area contributed by atoms with Crippen molar-refractivity contribution in [2.45, 2.75) is 19.8 Å². The van der Waals surface area contributed by atoms with Crippen molar-refractivity contribution in [2.24, 2.45) is 11.7 Å². The summed E-state index contributed by atoms with van der Waals surface area (Å²) < 4.78 is 0. The molecule has 0 amide bonds. The molecule has 0 aromatic carbocycles. The van der Waals surface area contributed by atoms with E-state index >= 15 is 0 Å². The van der Waals surface area contributed by atoms with Gasteiger partial charge in [0.1, 0.15) is 0 Å². The molecule has 1 atom stereocenters. The predicted octanol–water partition coefficient (Wildman–Crippen LogP) is 0.466. The summed E-state index contributed by atoms with van der Waals surface area (Å²) in [5.74, 6) is -1.57. The molecule has 64 valence electrons. The Kier molecular flexibility index (Phi) is 4.45. The van der Waals surface area contributed by atoms with E-state index in [9.17, 15) is 4.79 Å². The monoisotopic (exact) mass is 158 g/mol. The molecule has 0 aromatic rings. The third-order valence-corrected chi connectivity index (χ3v) is 1.54. The Hall–Kier alpha value is -0.900. The van der Waals surface area contributed by atoms with Crippen LogP contribution in [0.1, 0.15) is 19.8 Å². The number of hydrogen-bond donors (Lipinski definition) is 3. The molecular weight excluding hydrogens is 144 g/mol. The van der Waals surface area contributed by atoms with Gasteiger partial charge in [-0.15, -0.1) is 0 Å². The molecule has 0 aliphatic rings. The van der Waals surface area contributed by atoms with Crippen LogP contribution >= 0.6 is 0 Å². The highest BCUT2D eigenvalue weighted by molar-refractivity contribution is 5.99. The van der Waals surface area contributed by atoms with Crippen LogP contribution in [0.15, 0.2) is 0 Å². The van der Waals surface area contributed by atoms with E-state index in [1.807, 2.05) is 0 Å². The van der Waals surface area contributed by atoms with E-state index in [0.29, 0.717) is 19.4 Å². The second kappa shape index (κ2) is 4.85. The molecule has 0 aliphatic heterocycles. The van der Waals surface area contributed by atoms with Gasteiger partial charge in [-0.25, -0.2) is 0 Å². The normalized spacial score (nSPS) is 12.5. The standard InChI is InChI=1S/C7H14N2O2/c1-2-5(7(10)11)6(9)3-4-8/h5,9H,2-4,8H2,1H3,(H,10,11). The lowest BCUT2D eigenvalue weighted by molar-refractivity contribution is -0.139. The summed E-state index contributed by atoms with van der Waals surface area (Å²) in [6.45, 7) is 2.10. The van der Waals surface area contributed by atoms with Gasteiger partial charge in [0.2, 0.25) is 0 Å². The largest absolute Gasteiger partial charge is 0.481 e. The summed E-state index contributed by atoms with van der Waals surface area (Å²) in [7, 11) is 0. The van der Waals surface area contributed by atoms with Gasteiger partial charge in [0.05, 0.1) is 5.92 Å². The summed E-state index contributed by atoms with van der Waals surface area (Å²) in [5.41, 5.74) is 5.41. The van der Waals surface area contributed by atoms with Gasteiger partial charge in [-0.2, -0.15) is 0 Å². The average molecular weight is 158 g/mol. The van der Waals surface area contributed by atoms with Crippen molar-refractivity contribution in [1.82, 2.24) is 0 Å². The highest BCUT2D eigenvalue weighted by Gasteiger charge is 2.19. The number of aliphatic carboxylic acids is 1. The third kappa shape index (κ3) is 3.13. The van der Waals surface area contributed by atoms with Crippen LogP contribution in [0.2, 0.25) is 0 Å². The maximum absolute atomic E-state index is 10.5. The molecule has 0 bridgehead atoms. The first-order valence-corrected chi connectivity index (χ1v) is 3.63. The predicted molar refractivity (Wildman–Crippen MR) is 42.8 cm³/mol. The van der Waals surface area contributed by atoms with Gasteiger partial charge in [-0.05, 0) is 19.4 Å². The molecule has 0 aliphatic carbocycles. The summed E-state index contributed by atoms with van der Waals surface area (Å²) in [6, 6.07) is 0. The molecule has 0 radical (unpaired) electrons. The maximum atomic E-state index is 10.5. The molecule has 0 heterocycles. The van der Waals surface area contributed by atoms with Crippen LogP contribution < -0.4 is 5.73 Å². The Morgan fingerprint density at radius 1 is 1.73 bits per heavy atom. The zero-order valence-electron chi connectivity index (χ0n) is 6.63. The summed E-state index contributed by atoms with van der Waals surface area (Å²) >= 11 is 0. The van der Waals surface area contributed by atoms with Crippen molar-refractivity contribution >= 4 is 11.7 Å². The Balaban J connectivity index is 4.03. The maximum Gasteiger partial charge on any atom is 0.312 e. The van der Waals surface area contributed by atoms with Gasteiger partial charge in [0.15, 0.2) is 0 Å². The van der Waals surface area contributed by atoms with Gasteiger partial charge in [0.25, 0.3) is 0 Å². The van der Waals surface area contributed by atoms with Crippen LogP contribution in [-0.4, -0.2) is 23.3 Å². The topological polar surface area (TPSA) is 87.2 Å². The van der Waals surface area contributed by atoms with Gasteiger partial charge in [-0.3, -0.25) is 4.79 Å². The highest BCUT2D eigenvalue weighted by Crippen LogP contribution is 2.06. The van der Waals surface area contributed by atoms with Crippen molar-refractivity contribution in [2.75, 3.05) is 6.54 Å². The van der Waals surface area contributed by atoms with Crippen LogP contribution in [0.3, 0.4) is 0 Å². The van der Waals surface area contributed by atoms with E-state index in [4.69, 9.17) is 16.2 Å². The van der Waals surface area contributed by atoms with Crippen molar-refractivity contribution in [1.29, 1.82) is 5.41 Å². The van der Waals surface area contributed by atoms with Crippen molar-refractivity contribution < 1.29 is 9.90 Å². The van der Waals surface area contributed by atoms with E-state index < -0.39 is 11.9 Å². The first kappa shape index (κ1) is 10.1. The highest BCUT2D eigenvalue weighted by atomic mass is 16.4. The third-order valence-electron chi connectivity index (χ3n) is 1.54. The fourth-order valence-corrected chi connectivity index (χ4v) is 0.900. The Morgan fingerprint density at radius 2 is 2.27 bits per heavy atom. The summed E-state index contributed by atoms with van der Waals surface area (Å²) in [5, 5.41) is 15.9. The number of carbonyl (C=O) groups is 1. The lowest BCUT2D eigenvalue weighted by Gasteiger charge is -2.09. The molecule has 4 N–H and O–H groups in total. The molecule has 1 unspecified atom stereocenters. The number of carboxylic acid groups (broad SMARTS) is 1. The minimum Gasteiger partial charge on any atom is -0.481 e. The first-order chi connectivity index (χ1) is 5.13. The van der Waals surface area contributed by atoms with E-state index in [2.05, 4.69) is 0 Å². The van der Waals surface area contributed by atoms with Crippen molar-refractivity contribution in [3.05, 3.63) is 0 Å². The summed E-state index contributed by atoms with van der Waals surface area (Å²) in [4.78, 5) is 10.5. The number of hydrogen-bond acceptors (Lipinski definition) is 3. The van der Waals surface area contributed by atoms with Crippen molar-refractivity contribution in [3.63, 3.8) is 0 Å². The molecule has 0 aromatic heterocycles. The van der Waals surface area contributed by atoms with Crippen LogP contribution in [0, 0.1) is 11.3 Å². The van der Waals surface area contributed by atoms with E-state index in [1.165, 1.54) is 0 Å². The van der Waals surface area contributed by atoms with E-state index in [1.54, 1.807) is 6.92 Å². The second-order valence-corrected chi connectivity index (χ2v) is 2.36. The quantitative estimate of drug-likeness (QED) is 0.508. The fraction of sp³-hybridized carbons (Fsp3) is 0.714. The second-order valence-electron chi connectivity index (χ2n) is 2.36. The lowest BCUT2D eigenvalue weighted by Crippen LogP contribution is -2.24. The Labute approximate surface area is 65.9 Å². The van der Waals surface area contributed by atoms with Gasteiger partial charge >= 0.3 is 5.97 Å². The Bertz CT molecular complexity index is 157. The minimum absolute atomic E-state index is 0.225. The van der Waals surface area contributed by atoms with Crippen molar-refractivity contribution in [3.8, 4) is 0 Å². The smallest absolute Gasteiger partial charge is 0.312 e. The minimum atomic E-state index is -0.925. The number of nitrogens with one attached hydrogen (secondary N) is 1. The molecular formula is C7H14N2O2. The molecule has 0 spiro atoms. The van der Waals surface area contributed by atoms with Gasteiger partial charge < -0.3 is 16.2 Å². The first-order valence-electron chi connectivity index (χ1n) is 3.63. The molecule has 0 saturated carbocycles. The number of carboxylic acids is 1. The molecule has 4 nitrogen and oxygen atoms in total.